The van der Waals surface area contributed by atoms with Crippen LogP contribution in [-0.2, 0) is 4.74 Å². The van der Waals surface area contributed by atoms with E-state index >= 15 is 0 Å². The van der Waals surface area contributed by atoms with E-state index in [9.17, 15) is 5.11 Å². The molecule has 0 aromatic heterocycles. The normalized spacial score (nSPS) is 12.4. The van der Waals surface area contributed by atoms with Gasteiger partial charge in [-0.15, -0.1) is 0 Å². The summed E-state index contributed by atoms with van der Waals surface area (Å²) in [6.45, 7) is 4.73. The average Bonchev–Trinajstić information content (AvgIpc) is 2.41. The van der Waals surface area contributed by atoms with Crippen LogP contribution in [0.4, 0.5) is 0 Å². The second-order valence-electron chi connectivity index (χ2n) is 4.60. The molecule has 1 rings (SSSR count). The molecule has 5 heteroatoms. The molecule has 0 saturated carbocycles. The summed E-state index contributed by atoms with van der Waals surface area (Å²) >= 11 is 0. The Morgan fingerprint density at radius 1 is 1.20 bits per heavy atom. The number of hydrogen-bond acceptors (Lipinski definition) is 5. The third kappa shape index (κ3) is 6.23. The second kappa shape index (κ2) is 9.58. The lowest BCUT2D eigenvalue weighted by Crippen LogP contribution is -2.34. The smallest absolute Gasteiger partial charge is 0.161 e. The summed E-state index contributed by atoms with van der Waals surface area (Å²) in [6.07, 6.45) is -0.472. The van der Waals surface area contributed by atoms with Gasteiger partial charge in [-0.05, 0) is 26.1 Å². The monoisotopic (exact) mass is 283 g/mol. The predicted octanol–water partition coefficient (Wildman–Crippen LogP) is 1.40. The summed E-state index contributed by atoms with van der Waals surface area (Å²) in [7, 11) is 3.52. The maximum Gasteiger partial charge on any atom is 0.161 e. The van der Waals surface area contributed by atoms with E-state index in [-0.39, 0.29) is 0 Å². The molecule has 0 saturated heterocycles. The first-order valence-electron chi connectivity index (χ1n) is 6.87. The number of ether oxygens (including phenoxy) is 3. The van der Waals surface area contributed by atoms with Crippen LogP contribution in [0.2, 0.25) is 0 Å². The molecule has 0 amide bonds. The van der Waals surface area contributed by atoms with Crippen LogP contribution < -0.4 is 9.47 Å². The van der Waals surface area contributed by atoms with Crippen LogP contribution in [0.5, 0.6) is 11.5 Å². The maximum absolute atomic E-state index is 9.62. The predicted molar refractivity (Wildman–Crippen MR) is 78.5 cm³/mol. The number of likely N-dealkylation sites (N-methyl/N-ethyl adjacent to an activating group) is 1. The summed E-state index contributed by atoms with van der Waals surface area (Å²) in [5.74, 6) is 1.51. The van der Waals surface area contributed by atoms with Crippen LogP contribution >= 0.6 is 0 Å². The van der Waals surface area contributed by atoms with E-state index in [1.165, 1.54) is 0 Å². The van der Waals surface area contributed by atoms with E-state index in [2.05, 4.69) is 0 Å². The van der Waals surface area contributed by atoms with Gasteiger partial charge in [0, 0.05) is 20.2 Å². The number of aliphatic hydroxyl groups is 1. The van der Waals surface area contributed by atoms with Crippen molar-refractivity contribution in [3.05, 3.63) is 24.3 Å². The van der Waals surface area contributed by atoms with E-state index in [0.717, 1.165) is 18.0 Å². The lowest BCUT2D eigenvalue weighted by molar-refractivity contribution is 0.0409. The second-order valence-corrected chi connectivity index (χ2v) is 4.60. The third-order valence-corrected chi connectivity index (χ3v) is 2.76. The molecule has 1 unspecified atom stereocenters. The number of methoxy groups -OCH3 is 1. The molecule has 20 heavy (non-hydrogen) atoms. The largest absolute Gasteiger partial charge is 0.490 e. The summed E-state index contributed by atoms with van der Waals surface area (Å²) in [5.41, 5.74) is 0. The minimum Gasteiger partial charge on any atom is -0.490 e. The Bertz CT molecular complexity index is 373. The van der Waals surface area contributed by atoms with Gasteiger partial charge in [0.1, 0.15) is 6.61 Å². The highest BCUT2D eigenvalue weighted by atomic mass is 16.5. The molecule has 5 nitrogen and oxygen atoms in total. The zero-order chi connectivity index (χ0) is 14.8. The molecular formula is C15H25NO4. The van der Waals surface area contributed by atoms with Crippen molar-refractivity contribution < 1.29 is 19.3 Å². The topological polar surface area (TPSA) is 51.2 Å². The fourth-order valence-corrected chi connectivity index (χ4v) is 1.85. The first-order chi connectivity index (χ1) is 9.67. The standard InChI is InChI=1S/C15H25NO4/c1-4-19-14-7-5-6-8-15(14)20-10-9-16(2)11-13(17)12-18-3/h5-8,13,17H,4,9-12H2,1-3H3. The van der Waals surface area contributed by atoms with Gasteiger partial charge in [0.25, 0.3) is 0 Å². The Morgan fingerprint density at radius 3 is 2.45 bits per heavy atom. The van der Waals surface area contributed by atoms with Gasteiger partial charge in [0.15, 0.2) is 11.5 Å². The van der Waals surface area contributed by atoms with Crippen molar-refractivity contribution in [1.29, 1.82) is 0 Å². The van der Waals surface area contributed by atoms with Crippen molar-refractivity contribution >= 4 is 0 Å². The molecule has 1 atom stereocenters. The van der Waals surface area contributed by atoms with E-state index in [0.29, 0.717) is 26.4 Å². The zero-order valence-electron chi connectivity index (χ0n) is 12.5. The van der Waals surface area contributed by atoms with Gasteiger partial charge in [-0.25, -0.2) is 0 Å². The average molecular weight is 283 g/mol. The molecular weight excluding hydrogens is 258 g/mol. The lowest BCUT2D eigenvalue weighted by atomic mass is 10.3. The Labute approximate surface area is 121 Å². The molecule has 1 N–H and O–H groups in total. The number of benzene rings is 1. The first-order valence-corrected chi connectivity index (χ1v) is 6.87. The van der Waals surface area contributed by atoms with Gasteiger partial charge in [-0.1, -0.05) is 12.1 Å². The SMILES string of the molecule is CCOc1ccccc1OCCN(C)CC(O)COC. The van der Waals surface area contributed by atoms with Crippen LogP contribution in [0.1, 0.15) is 6.92 Å². The molecule has 0 aliphatic rings. The molecule has 1 aromatic rings. The van der Waals surface area contributed by atoms with Crippen LogP contribution in [0.3, 0.4) is 0 Å². The fraction of sp³-hybridized carbons (Fsp3) is 0.600. The molecule has 114 valence electrons. The minimum absolute atomic E-state index is 0.346. The molecule has 0 radical (unpaired) electrons. The van der Waals surface area contributed by atoms with Crippen LogP contribution in [-0.4, -0.2) is 63.2 Å². The minimum atomic E-state index is -0.472. The van der Waals surface area contributed by atoms with Crippen LogP contribution in [0.25, 0.3) is 0 Å². The number of aliphatic hydroxyl groups excluding tert-OH is 1. The van der Waals surface area contributed by atoms with Gasteiger partial charge >= 0.3 is 0 Å². The summed E-state index contributed by atoms with van der Waals surface area (Å²) in [5, 5.41) is 9.62. The third-order valence-electron chi connectivity index (χ3n) is 2.76. The van der Waals surface area contributed by atoms with E-state index in [4.69, 9.17) is 14.2 Å². The van der Waals surface area contributed by atoms with Crippen molar-refractivity contribution in [1.82, 2.24) is 4.90 Å². The van der Waals surface area contributed by atoms with Gasteiger partial charge < -0.3 is 24.2 Å². The van der Waals surface area contributed by atoms with Crippen LogP contribution in [0, 0.1) is 0 Å². The van der Waals surface area contributed by atoms with Gasteiger partial charge in [-0.2, -0.15) is 0 Å². The quantitative estimate of drug-likeness (QED) is 0.703. The highest BCUT2D eigenvalue weighted by molar-refractivity contribution is 5.39. The highest BCUT2D eigenvalue weighted by Gasteiger charge is 2.08. The maximum atomic E-state index is 9.62. The summed E-state index contributed by atoms with van der Waals surface area (Å²) in [4.78, 5) is 2.01. The Kier molecular flexibility index (Phi) is 8.02. The number of nitrogens with zero attached hydrogens (tertiary/aromatic N) is 1. The zero-order valence-corrected chi connectivity index (χ0v) is 12.5. The van der Waals surface area contributed by atoms with Crippen molar-refractivity contribution in [3.8, 4) is 11.5 Å². The number of para-hydroxylation sites is 2. The summed E-state index contributed by atoms with van der Waals surface area (Å²) < 4.78 is 16.1. The van der Waals surface area contributed by atoms with Crippen LogP contribution in [0.15, 0.2) is 24.3 Å². The first kappa shape index (κ1) is 16.8. The highest BCUT2D eigenvalue weighted by Crippen LogP contribution is 2.26. The Balaban J connectivity index is 2.33. The number of rotatable bonds is 10. The Morgan fingerprint density at radius 2 is 1.85 bits per heavy atom. The Hall–Kier alpha value is -1.30. The van der Waals surface area contributed by atoms with Gasteiger partial charge in [0.2, 0.25) is 0 Å². The van der Waals surface area contributed by atoms with Crippen molar-refractivity contribution in [2.24, 2.45) is 0 Å². The van der Waals surface area contributed by atoms with Crippen molar-refractivity contribution in [2.45, 2.75) is 13.0 Å². The molecule has 0 fully saturated rings. The molecule has 1 aromatic carbocycles. The van der Waals surface area contributed by atoms with Gasteiger partial charge in [0.05, 0.1) is 19.3 Å². The molecule has 0 heterocycles. The fourth-order valence-electron chi connectivity index (χ4n) is 1.85. The van der Waals surface area contributed by atoms with Gasteiger partial charge in [-0.3, -0.25) is 0 Å². The van der Waals surface area contributed by atoms with Crippen molar-refractivity contribution in [3.63, 3.8) is 0 Å². The summed E-state index contributed by atoms with van der Waals surface area (Å²) in [6, 6.07) is 7.63. The van der Waals surface area contributed by atoms with E-state index < -0.39 is 6.10 Å². The molecule has 0 spiro atoms. The number of hydrogen-bond donors (Lipinski definition) is 1. The molecule has 0 aliphatic heterocycles. The lowest BCUT2D eigenvalue weighted by Gasteiger charge is -2.20. The molecule has 0 aliphatic carbocycles. The van der Waals surface area contributed by atoms with E-state index in [1.54, 1.807) is 7.11 Å². The van der Waals surface area contributed by atoms with E-state index in [1.807, 2.05) is 43.1 Å². The van der Waals surface area contributed by atoms with Crippen molar-refractivity contribution in [2.75, 3.05) is 47.1 Å². The molecule has 0 bridgehead atoms.